The fourth-order valence-electron chi connectivity index (χ4n) is 1.99. The highest BCUT2D eigenvalue weighted by molar-refractivity contribution is 7.13. The summed E-state index contributed by atoms with van der Waals surface area (Å²) in [5.74, 6) is 0. The van der Waals surface area contributed by atoms with Crippen molar-refractivity contribution in [2.45, 2.75) is 6.92 Å². The summed E-state index contributed by atoms with van der Waals surface area (Å²) in [5.41, 5.74) is 3.31. The maximum Gasteiger partial charge on any atom is 0.153 e. The third-order valence-electron chi connectivity index (χ3n) is 3.04. The molecule has 0 amide bonds. The van der Waals surface area contributed by atoms with E-state index in [0.29, 0.717) is 10.6 Å². The van der Waals surface area contributed by atoms with Gasteiger partial charge in [0.25, 0.3) is 0 Å². The van der Waals surface area contributed by atoms with Crippen LogP contribution in [0.3, 0.4) is 0 Å². The smallest absolute Gasteiger partial charge is 0.153 e. The first-order valence-electron chi connectivity index (χ1n) is 6.04. The molecule has 3 aromatic rings. The van der Waals surface area contributed by atoms with Crippen LogP contribution in [-0.2, 0) is 0 Å². The second kappa shape index (κ2) is 5.23. The Morgan fingerprint density at radius 1 is 1.25 bits per heavy atom. The van der Waals surface area contributed by atoms with Gasteiger partial charge in [0.05, 0.1) is 16.1 Å². The van der Waals surface area contributed by atoms with Crippen LogP contribution in [0.2, 0.25) is 5.02 Å². The second-order valence-corrected chi connectivity index (χ2v) is 5.76. The van der Waals surface area contributed by atoms with Gasteiger partial charge in [-0.25, -0.2) is 4.68 Å². The molecule has 0 aliphatic heterocycles. The van der Waals surface area contributed by atoms with Gasteiger partial charge in [0, 0.05) is 11.2 Å². The minimum Gasteiger partial charge on any atom is -0.298 e. The van der Waals surface area contributed by atoms with Crippen LogP contribution in [0.4, 0.5) is 0 Å². The van der Waals surface area contributed by atoms with Crippen LogP contribution in [-0.4, -0.2) is 16.1 Å². The summed E-state index contributed by atoms with van der Waals surface area (Å²) < 4.78 is 1.70. The highest BCUT2D eigenvalue weighted by Crippen LogP contribution is 2.30. The minimum atomic E-state index is 0.588. The molecule has 3 nitrogen and oxygen atoms in total. The number of aromatic nitrogens is 2. The number of carbonyl (C=O) groups excluding carboxylic acids is 1. The zero-order chi connectivity index (χ0) is 14.1. The Kier molecular flexibility index (Phi) is 3.42. The topological polar surface area (TPSA) is 34.9 Å². The molecule has 2 heterocycles. The molecular formula is C15H11ClN2OS. The maximum absolute atomic E-state index is 11.3. The first-order chi connectivity index (χ1) is 9.69. The van der Waals surface area contributed by atoms with Gasteiger partial charge in [0.1, 0.15) is 5.69 Å². The van der Waals surface area contributed by atoms with Crippen LogP contribution in [0, 0.1) is 6.92 Å². The molecule has 0 N–H and O–H groups in total. The van der Waals surface area contributed by atoms with Crippen LogP contribution in [0.5, 0.6) is 0 Å². The van der Waals surface area contributed by atoms with E-state index in [4.69, 9.17) is 11.6 Å². The average Bonchev–Trinajstić information content (AvgIpc) is 3.05. The van der Waals surface area contributed by atoms with E-state index < -0.39 is 0 Å². The van der Waals surface area contributed by atoms with Crippen molar-refractivity contribution in [2.75, 3.05) is 0 Å². The van der Waals surface area contributed by atoms with E-state index in [2.05, 4.69) is 5.10 Å². The predicted molar refractivity (Wildman–Crippen MR) is 82.0 cm³/mol. The average molecular weight is 303 g/mol. The van der Waals surface area contributed by atoms with E-state index in [0.717, 1.165) is 28.1 Å². The van der Waals surface area contributed by atoms with Crippen molar-refractivity contribution in [3.8, 4) is 16.3 Å². The number of benzene rings is 1. The number of rotatable bonds is 3. The Hall–Kier alpha value is -1.91. The van der Waals surface area contributed by atoms with Gasteiger partial charge in [-0.15, -0.1) is 11.3 Å². The number of hydrogen-bond acceptors (Lipinski definition) is 3. The van der Waals surface area contributed by atoms with Crippen LogP contribution in [0.1, 0.15) is 15.9 Å². The Morgan fingerprint density at radius 3 is 2.60 bits per heavy atom. The van der Waals surface area contributed by atoms with Crippen LogP contribution in [0.15, 0.2) is 41.9 Å². The van der Waals surface area contributed by atoms with Crippen molar-refractivity contribution >= 4 is 29.2 Å². The lowest BCUT2D eigenvalue weighted by Crippen LogP contribution is -1.94. The molecule has 0 saturated heterocycles. The highest BCUT2D eigenvalue weighted by atomic mass is 35.5. The summed E-state index contributed by atoms with van der Waals surface area (Å²) in [5, 5.41) is 7.21. The molecule has 0 unspecified atom stereocenters. The molecule has 0 radical (unpaired) electrons. The summed E-state index contributed by atoms with van der Waals surface area (Å²) in [6, 6.07) is 9.37. The minimum absolute atomic E-state index is 0.588. The highest BCUT2D eigenvalue weighted by Gasteiger charge is 2.14. The Balaban J connectivity index is 2.12. The van der Waals surface area contributed by atoms with Gasteiger partial charge in [-0.2, -0.15) is 5.10 Å². The second-order valence-electron chi connectivity index (χ2n) is 4.40. The van der Waals surface area contributed by atoms with Gasteiger partial charge in [-0.05, 0) is 48.2 Å². The molecule has 0 saturated carbocycles. The van der Waals surface area contributed by atoms with Crippen molar-refractivity contribution in [1.29, 1.82) is 0 Å². The van der Waals surface area contributed by atoms with Crippen molar-refractivity contribution in [2.24, 2.45) is 0 Å². The lowest BCUT2D eigenvalue weighted by molar-refractivity contribution is 0.112. The third kappa shape index (κ3) is 2.28. The molecule has 20 heavy (non-hydrogen) atoms. The largest absolute Gasteiger partial charge is 0.298 e. The molecule has 5 heteroatoms. The quantitative estimate of drug-likeness (QED) is 0.673. The predicted octanol–water partition coefficient (Wildman–Crippen LogP) is 4.38. The van der Waals surface area contributed by atoms with Gasteiger partial charge in [-0.3, -0.25) is 4.79 Å². The number of aryl methyl sites for hydroxylation is 1. The zero-order valence-electron chi connectivity index (χ0n) is 10.7. The molecule has 0 aliphatic carbocycles. The molecule has 3 rings (SSSR count). The summed E-state index contributed by atoms with van der Waals surface area (Å²) in [4.78, 5) is 12.3. The zero-order valence-corrected chi connectivity index (χ0v) is 12.3. The Labute approximate surface area is 125 Å². The molecule has 0 fully saturated rings. The lowest BCUT2D eigenvalue weighted by atomic mass is 10.2. The van der Waals surface area contributed by atoms with E-state index in [9.17, 15) is 4.79 Å². The summed E-state index contributed by atoms with van der Waals surface area (Å²) >= 11 is 7.47. The lowest BCUT2D eigenvalue weighted by Gasteiger charge is -2.00. The van der Waals surface area contributed by atoms with Crippen molar-refractivity contribution in [3.05, 3.63) is 58.1 Å². The number of aldehydes is 1. The summed E-state index contributed by atoms with van der Waals surface area (Å²) in [6.07, 6.45) is 2.58. The number of thiophene rings is 1. The monoisotopic (exact) mass is 302 g/mol. The Bertz CT molecular complexity index is 759. The van der Waals surface area contributed by atoms with Crippen molar-refractivity contribution in [1.82, 2.24) is 9.78 Å². The number of carbonyl (C=O) groups is 1. The standard InChI is InChI=1S/C15H11ClN2OS/c1-10-6-7-20-15(10)14-11(9-19)8-18(17-14)13-4-2-12(16)3-5-13/h2-9H,1H3. The molecule has 0 spiro atoms. The van der Waals surface area contributed by atoms with Gasteiger partial charge in [0.15, 0.2) is 6.29 Å². The van der Waals surface area contributed by atoms with E-state index in [1.807, 2.05) is 30.5 Å². The molecule has 0 aliphatic rings. The first kappa shape index (κ1) is 13.1. The molecule has 1 aromatic carbocycles. The van der Waals surface area contributed by atoms with E-state index in [1.54, 1.807) is 34.3 Å². The number of halogens is 1. The van der Waals surface area contributed by atoms with Gasteiger partial charge >= 0.3 is 0 Å². The summed E-state index contributed by atoms with van der Waals surface area (Å²) in [6.45, 7) is 2.02. The molecular weight excluding hydrogens is 292 g/mol. The molecule has 100 valence electrons. The van der Waals surface area contributed by atoms with Crippen LogP contribution >= 0.6 is 22.9 Å². The van der Waals surface area contributed by atoms with E-state index in [1.165, 1.54) is 0 Å². The van der Waals surface area contributed by atoms with Crippen molar-refractivity contribution < 1.29 is 4.79 Å². The van der Waals surface area contributed by atoms with Crippen LogP contribution in [0.25, 0.3) is 16.3 Å². The molecule has 0 bridgehead atoms. The number of nitrogens with zero attached hydrogens (tertiary/aromatic N) is 2. The molecule has 2 aromatic heterocycles. The fourth-order valence-corrected chi connectivity index (χ4v) is 3.05. The molecule has 0 atom stereocenters. The van der Waals surface area contributed by atoms with Gasteiger partial charge < -0.3 is 0 Å². The first-order valence-corrected chi connectivity index (χ1v) is 7.30. The SMILES string of the molecule is Cc1ccsc1-c1nn(-c2ccc(Cl)cc2)cc1C=O. The van der Waals surface area contributed by atoms with Gasteiger partial charge in [-0.1, -0.05) is 11.6 Å². The van der Waals surface area contributed by atoms with E-state index in [-0.39, 0.29) is 0 Å². The maximum atomic E-state index is 11.3. The third-order valence-corrected chi connectivity index (χ3v) is 4.31. The van der Waals surface area contributed by atoms with Gasteiger partial charge in [0.2, 0.25) is 0 Å². The number of hydrogen-bond donors (Lipinski definition) is 0. The van der Waals surface area contributed by atoms with Crippen molar-refractivity contribution in [3.63, 3.8) is 0 Å². The fraction of sp³-hybridized carbons (Fsp3) is 0.0667. The van der Waals surface area contributed by atoms with Crippen LogP contribution < -0.4 is 0 Å². The van der Waals surface area contributed by atoms with E-state index >= 15 is 0 Å². The summed E-state index contributed by atoms with van der Waals surface area (Å²) in [7, 11) is 0. The normalized spacial score (nSPS) is 10.7. The Morgan fingerprint density at radius 2 is 2.00 bits per heavy atom.